The maximum absolute atomic E-state index is 6.50. The molecule has 3 rings (SSSR count). The van der Waals surface area contributed by atoms with Crippen LogP contribution in [0.4, 0.5) is 0 Å². The first kappa shape index (κ1) is 14.2. The van der Waals surface area contributed by atoms with Crippen molar-refractivity contribution in [1.82, 2.24) is 4.98 Å². The monoisotopic (exact) mass is 299 g/mol. The molecule has 1 heterocycles. The number of hydrogen-bond acceptors (Lipinski definition) is 2. The van der Waals surface area contributed by atoms with Crippen molar-refractivity contribution in [3.05, 3.63) is 65.5 Å². The van der Waals surface area contributed by atoms with Crippen molar-refractivity contribution in [2.24, 2.45) is 0 Å². The number of halogens is 1. The number of hydrogen-bond donors (Lipinski definition) is 0. The Hall–Kier alpha value is -1.80. The van der Waals surface area contributed by atoms with Crippen molar-refractivity contribution in [2.45, 2.75) is 31.6 Å². The molecule has 3 heteroatoms. The first-order chi connectivity index (χ1) is 10.1. The third-order valence-corrected chi connectivity index (χ3v) is 4.06. The summed E-state index contributed by atoms with van der Waals surface area (Å²) in [5.41, 5.74) is 4.12. The van der Waals surface area contributed by atoms with Crippen molar-refractivity contribution in [1.29, 1.82) is 0 Å². The molecular weight excluding hydrogens is 282 g/mol. The highest BCUT2D eigenvalue weighted by molar-refractivity contribution is 6.20. The first-order valence-corrected chi connectivity index (χ1v) is 7.65. The van der Waals surface area contributed by atoms with Crippen LogP contribution in [0.3, 0.4) is 0 Å². The molecule has 0 aliphatic rings. The second-order valence-electron chi connectivity index (χ2n) is 5.57. The van der Waals surface area contributed by atoms with Crippen molar-refractivity contribution in [2.75, 3.05) is 0 Å². The lowest BCUT2D eigenvalue weighted by molar-refractivity contribution is 0.525. The van der Waals surface area contributed by atoms with Crippen LogP contribution < -0.4 is 0 Å². The molecule has 1 atom stereocenters. The van der Waals surface area contributed by atoms with Crippen LogP contribution in [0.5, 0.6) is 0 Å². The Bertz CT molecular complexity index is 697. The zero-order valence-electron chi connectivity index (χ0n) is 12.2. The van der Waals surface area contributed by atoms with E-state index in [4.69, 9.17) is 16.0 Å². The van der Waals surface area contributed by atoms with E-state index in [2.05, 4.69) is 43.1 Å². The van der Waals surface area contributed by atoms with Gasteiger partial charge >= 0.3 is 0 Å². The number of benzene rings is 2. The van der Waals surface area contributed by atoms with Crippen LogP contribution in [0, 0.1) is 0 Å². The van der Waals surface area contributed by atoms with Crippen molar-refractivity contribution >= 4 is 22.7 Å². The molecule has 0 N–H and O–H groups in total. The molecule has 0 amide bonds. The van der Waals surface area contributed by atoms with E-state index in [0.29, 0.717) is 18.2 Å². The number of nitrogens with zero attached hydrogens (tertiary/aromatic N) is 1. The Balaban J connectivity index is 1.77. The molecule has 0 aliphatic heterocycles. The minimum absolute atomic E-state index is 0.126. The molecule has 2 aromatic carbocycles. The van der Waals surface area contributed by atoms with Gasteiger partial charge in [-0.05, 0) is 29.2 Å². The molecule has 0 radical (unpaired) electrons. The number of aromatic nitrogens is 1. The summed E-state index contributed by atoms with van der Waals surface area (Å²) in [6.45, 7) is 4.37. The van der Waals surface area contributed by atoms with E-state index in [1.54, 1.807) is 0 Å². The van der Waals surface area contributed by atoms with E-state index < -0.39 is 0 Å². The van der Waals surface area contributed by atoms with E-state index in [9.17, 15) is 0 Å². The lowest BCUT2D eigenvalue weighted by Crippen LogP contribution is -1.97. The highest BCUT2D eigenvalue weighted by Crippen LogP contribution is 2.27. The van der Waals surface area contributed by atoms with Gasteiger partial charge in [-0.1, -0.05) is 50.2 Å². The summed E-state index contributed by atoms with van der Waals surface area (Å²) in [4.78, 5) is 4.47. The average Bonchev–Trinajstić information content (AvgIpc) is 2.89. The summed E-state index contributed by atoms with van der Waals surface area (Å²) < 4.78 is 5.73. The molecule has 21 heavy (non-hydrogen) atoms. The number of para-hydroxylation sites is 2. The summed E-state index contributed by atoms with van der Waals surface area (Å²) in [6.07, 6.45) is 0.595. The molecule has 1 unspecified atom stereocenters. The van der Waals surface area contributed by atoms with Gasteiger partial charge in [0.15, 0.2) is 11.5 Å². The van der Waals surface area contributed by atoms with Crippen LogP contribution in [-0.2, 0) is 6.42 Å². The van der Waals surface area contributed by atoms with Gasteiger partial charge < -0.3 is 4.42 Å². The standard InChI is InChI=1S/C18H18ClNO/c1-12(2)13-7-9-14(10-8-13)15(19)11-18-20-16-5-3-4-6-17(16)21-18/h3-10,12,15H,11H2,1-2H3. The Labute approximate surface area is 129 Å². The molecule has 0 bridgehead atoms. The summed E-state index contributed by atoms with van der Waals surface area (Å²) >= 11 is 6.50. The largest absolute Gasteiger partial charge is 0.441 e. The van der Waals surface area contributed by atoms with Gasteiger partial charge in [-0.2, -0.15) is 0 Å². The lowest BCUT2D eigenvalue weighted by atomic mass is 10.00. The van der Waals surface area contributed by atoms with E-state index in [0.717, 1.165) is 16.7 Å². The van der Waals surface area contributed by atoms with Crippen molar-refractivity contribution in [3.63, 3.8) is 0 Å². The average molecular weight is 300 g/mol. The minimum atomic E-state index is -0.126. The Morgan fingerprint density at radius 1 is 1.00 bits per heavy atom. The molecule has 0 fully saturated rings. The number of alkyl halides is 1. The van der Waals surface area contributed by atoms with Gasteiger partial charge in [-0.15, -0.1) is 11.6 Å². The summed E-state index contributed by atoms with van der Waals surface area (Å²) in [7, 11) is 0. The fraction of sp³-hybridized carbons (Fsp3) is 0.278. The van der Waals surface area contributed by atoms with Gasteiger partial charge in [0.2, 0.25) is 0 Å². The maximum atomic E-state index is 6.50. The van der Waals surface area contributed by atoms with Crippen LogP contribution >= 0.6 is 11.6 Å². The molecule has 0 aliphatic carbocycles. The third kappa shape index (κ3) is 3.11. The zero-order valence-corrected chi connectivity index (χ0v) is 13.0. The second-order valence-corrected chi connectivity index (χ2v) is 6.10. The Morgan fingerprint density at radius 2 is 1.67 bits per heavy atom. The third-order valence-electron chi connectivity index (χ3n) is 3.66. The van der Waals surface area contributed by atoms with E-state index in [-0.39, 0.29) is 5.38 Å². The first-order valence-electron chi connectivity index (χ1n) is 7.22. The molecule has 2 nitrogen and oxygen atoms in total. The minimum Gasteiger partial charge on any atom is -0.441 e. The van der Waals surface area contributed by atoms with E-state index in [1.807, 2.05) is 24.3 Å². The van der Waals surface area contributed by atoms with Gasteiger partial charge in [0.05, 0.1) is 5.38 Å². The highest BCUT2D eigenvalue weighted by Gasteiger charge is 2.14. The van der Waals surface area contributed by atoms with Crippen LogP contribution in [0.25, 0.3) is 11.1 Å². The molecular formula is C18H18ClNO. The Kier molecular flexibility index (Phi) is 3.98. The van der Waals surface area contributed by atoms with Gasteiger partial charge in [-0.3, -0.25) is 0 Å². The van der Waals surface area contributed by atoms with E-state index in [1.165, 1.54) is 5.56 Å². The maximum Gasteiger partial charge on any atom is 0.197 e. The lowest BCUT2D eigenvalue weighted by Gasteiger charge is -2.10. The number of rotatable bonds is 4. The van der Waals surface area contributed by atoms with Gasteiger partial charge in [0.25, 0.3) is 0 Å². The molecule has 0 spiro atoms. The molecule has 0 saturated carbocycles. The van der Waals surface area contributed by atoms with Crippen LogP contribution in [0.1, 0.15) is 42.2 Å². The topological polar surface area (TPSA) is 26.0 Å². The second kappa shape index (κ2) is 5.90. The van der Waals surface area contributed by atoms with Crippen LogP contribution in [0.15, 0.2) is 52.9 Å². The van der Waals surface area contributed by atoms with Gasteiger partial charge in [0, 0.05) is 6.42 Å². The predicted molar refractivity (Wildman–Crippen MR) is 86.8 cm³/mol. The van der Waals surface area contributed by atoms with E-state index >= 15 is 0 Å². The molecule has 108 valence electrons. The highest BCUT2D eigenvalue weighted by atomic mass is 35.5. The fourth-order valence-corrected chi connectivity index (χ4v) is 2.65. The molecule has 3 aromatic rings. The van der Waals surface area contributed by atoms with Crippen LogP contribution in [0.2, 0.25) is 0 Å². The van der Waals surface area contributed by atoms with Crippen LogP contribution in [-0.4, -0.2) is 4.98 Å². The summed E-state index contributed by atoms with van der Waals surface area (Å²) in [5.74, 6) is 1.22. The summed E-state index contributed by atoms with van der Waals surface area (Å²) in [5, 5.41) is -0.126. The smallest absolute Gasteiger partial charge is 0.197 e. The Morgan fingerprint density at radius 3 is 2.33 bits per heavy atom. The predicted octanol–water partition coefficient (Wildman–Crippen LogP) is 5.47. The summed E-state index contributed by atoms with van der Waals surface area (Å²) in [6, 6.07) is 16.2. The molecule has 1 aromatic heterocycles. The fourth-order valence-electron chi connectivity index (χ4n) is 2.37. The normalized spacial score (nSPS) is 13.0. The SMILES string of the molecule is CC(C)c1ccc(C(Cl)Cc2nc3ccccc3o2)cc1. The molecule has 0 saturated heterocycles. The number of fused-ring (bicyclic) bond motifs is 1. The van der Waals surface area contributed by atoms with Crippen molar-refractivity contribution < 1.29 is 4.42 Å². The van der Waals surface area contributed by atoms with Gasteiger partial charge in [-0.25, -0.2) is 4.98 Å². The zero-order chi connectivity index (χ0) is 14.8. The quantitative estimate of drug-likeness (QED) is 0.597. The van der Waals surface area contributed by atoms with Crippen molar-refractivity contribution in [3.8, 4) is 0 Å². The number of oxazole rings is 1. The van der Waals surface area contributed by atoms with Gasteiger partial charge in [0.1, 0.15) is 5.52 Å².